The van der Waals surface area contributed by atoms with E-state index in [1.165, 1.54) is 6.42 Å². The minimum atomic E-state index is 0.286. The Hall–Kier alpha value is 0.220. The molecule has 0 N–H and O–H groups in total. The van der Waals surface area contributed by atoms with E-state index < -0.39 is 0 Å². The monoisotopic (exact) mass is 234 g/mol. The summed E-state index contributed by atoms with van der Waals surface area (Å²) in [6.07, 6.45) is 1.25. The molecule has 2 rings (SSSR count). The van der Waals surface area contributed by atoms with Crippen LogP contribution in [0.3, 0.4) is 0 Å². The van der Waals surface area contributed by atoms with Crippen LogP contribution in [0.5, 0.6) is 0 Å². The molecule has 2 heteroatoms. The number of hydrogen-bond donors (Lipinski definition) is 0. The molecule has 1 aliphatic heterocycles. The second kappa shape index (κ2) is 1.85. The number of hydrogen-bond acceptors (Lipinski definition) is 1. The first-order valence-corrected chi connectivity index (χ1v) is 5.83. The van der Waals surface area contributed by atoms with Crippen molar-refractivity contribution in [1.29, 1.82) is 5.26 Å². The van der Waals surface area contributed by atoms with Crippen molar-refractivity contribution >= 4 is 0 Å². The predicted molar refractivity (Wildman–Crippen MR) is 30.5 cm³/mol. The third kappa shape index (κ3) is 0.778. The van der Waals surface area contributed by atoms with Crippen LogP contribution in [0.4, 0.5) is 0 Å². The normalized spacial score (nSPS) is 55.1. The van der Waals surface area contributed by atoms with Gasteiger partial charge in [-0.1, -0.05) is 0 Å². The van der Waals surface area contributed by atoms with Crippen molar-refractivity contribution in [2.24, 2.45) is 11.8 Å². The fraction of sp³-hybridized carbons (Fsp3) is 0.857. The van der Waals surface area contributed by atoms with Crippen molar-refractivity contribution in [1.82, 2.24) is 0 Å². The zero-order chi connectivity index (χ0) is 6.43. The SMILES string of the molecule is CC1C2CC(C#N)[I-]C12. The molecule has 1 heterocycles. The van der Waals surface area contributed by atoms with Crippen LogP contribution < -0.4 is 21.2 Å². The van der Waals surface area contributed by atoms with Crippen LogP contribution >= 0.6 is 0 Å². The van der Waals surface area contributed by atoms with Crippen molar-refractivity contribution < 1.29 is 21.2 Å². The summed E-state index contributed by atoms with van der Waals surface area (Å²) in [6, 6.07) is 2.39. The Kier molecular flexibility index (Phi) is 1.23. The number of fused-ring (bicyclic) bond motifs is 1. The summed E-state index contributed by atoms with van der Waals surface area (Å²) >= 11 is 0.286. The van der Waals surface area contributed by atoms with Crippen LogP contribution in [0.2, 0.25) is 0 Å². The van der Waals surface area contributed by atoms with Crippen LogP contribution in [-0.4, -0.2) is 7.85 Å². The number of halogens is 1. The third-order valence-electron chi connectivity index (χ3n) is 2.36. The molecule has 0 spiro atoms. The molecular formula is C7H9IN-. The van der Waals surface area contributed by atoms with E-state index in [0.717, 1.165) is 15.8 Å². The molecule has 4 unspecified atom stereocenters. The molecule has 0 radical (unpaired) electrons. The van der Waals surface area contributed by atoms with Gasteiger partial charge in [-0.15, -0.1) is 0 Å². The molecule has 1 aliphatic carbocycles. The van der Waals surface area contributed by atoms with E-state index in [2.05, 4.69) is 13.0 Å². The number of nitrogens with zero attached hydrogens (tertiary/aromatic N) is 1. The molecule has 0 bridgehead atoms. The number of rotatable bonds is 0. The van der Waals surface area contributed by atoms with Crippen LogP contribution in [-0.2, 0) is 0 Å². The zero-order valence-corrected chi connectivity index (χ0v) is 7.50. The summed E-state index contributed by atoms with van der Waals surface area (Å²) in [7, 11) is 0. The standard InChI is InChI=1S/C7H9IN/c1-4-6-2-5(3-9)8-7(4)6/h4-7H,2H2,1H3/q-1. The molecule has 2 fully saturated rings. The topological polar surface area (TPSA) is 23.8 Å². The van der Waals surface area contributed by atoms with Crippen molar-refractivity contribution in [2.45, 2.75) is 21.2 Å². The first kappa shape index (κ1) is 5.96. The summed E-state index contributed by atoms with van der Waals surface area (Å²) in [5, 5.41) is 8.57. The van der Waals surface area contributed by atoms with Crippen molar-refractivity contribution in [3.05, 3.63) is 0 Å². The second-order valence-corrected chi connectivity index (χ2v) is 6.59. The van der Waals surface area contributed by atoms with Crippen LogP contribution in [0.25, 0.3) is 0 Å². The van der Waals surface area contributed by atoms with E-state index in [9.17, 15) is 0 Å². The maximum absolute atomic E-state index is 8.57. The Morgan fingerprint density at radius 1 is 1.67 bits per heavy atom. The summed E-state index contributed by atoms with van der Waals surface area (Å²) < 4.78 is 1.57. The van der Waals surface area contributed by atoms with Gasteiger partial charge in [0.25, 0.3) is 0 Å². The van der Waals surface area contributed by atoms with E-state index in [1.807, 2.05) is 0 Å². The fourth-order valence-electron chi connectivity index (χ4n) is 1.59. The van der Waals surface area contributed by atoms with Gasteiger partial charge in [0.1, 0.15) is 0 Å². The average molecular weight is 234 g/mol. The van der Waals surface area contributed by atoms with Gasteiger partial charge in [0.2, 0.25) is 0 Å². The number of alkyl halides is 2. The molecule has 0 aromatic carbocycles. The molecular weight excluding hydrogens is 225 g/mol. The summed E-state index contributed by atoms with van der Waals surface area (Å²) in [6.45, 7) is 2.34. The van der Waals surface area contributed by atoms with Gasteiger partial charge in [-0.05, 0) is 0 Å². The molecule has 0 amide bonds. The number of nitriles is 1. The Labute approximate surface area is 65.7 Å². The van der Waals surface area contributed by atoms with Gasteiger partial charge in [0.15, 0.2) is 0 Å². The van der Waals surface area contributed by atoms with E-state index in [4.69, 9.17) is 5.26 Å². The van der Waals surface area contributed by atoms with Crippen molar-refractivity contribution in [3.8, 4) is 6.07 Å². The molecule has 0 aromatic rings. The Morgan fingerprint density at radius 2 is 2.44 bits per heavy atom. The first-order chi connectivity index (χ1) is 4.33. The molecule has 1 nitrogen and oxygen atoms in total. The van der Waals surface area contributed by atoms with Gasteiger partial charge in [0, 0.05) is 0 Å². The average Bonchev–Trinajstić information content (AvgIpc) is 2.32. The molecule has 4 atom stereocenters. The molecule has 2 aliphatic rings. The van der Waals surface area contributed by atoms with Gasteiger partial charge in [0.05, 0.1) is 0 Å². The summed E-state index contributed by atoms with van der Waals surface area (Å²) in [5.41, 5.74) is 0. The first-order valence-electron chi connectivity index (χ1n) is 3.34. The second-order valence-electron chi connectivity index (χ2n) is 2.93. The molecule has 1 saturated heterocycles. The van der Waals surface area contributed by atoms with Gasteiger partial charge in [-0.3, -0.25) is 0 Å². The van der Waals surface area contributed by atoms with Crippen molar-refractivity contribution in [3.63, 3.8) is 0 Å². The fourth-order valence-corrected chi connectivity index (χ4v) is 6.07. The maximum atomic E-state index is 8.57. The van der Waals surface area contributed by atoms with E-state index >= 15 is 0 Å². The molecule has 1 saturated carbocycles. The summed E-state index contributed by atoms with van der Waals surface area (Å²) in [4.78, 5) is 0. The zero-order valence-electron chi connectivity index (χ0n) is 5.34. The Morgan fingerprint density at radius 3 is 2.89 bits per heavy atom. The molecule has 50 valence electrons. The van der Waals surface area contributed by atoms with Crippen LogP contribution in [0.1, 0.15) is 13.3 Å². The van der Waals surface area contributed by atoms with Gasteiger partial charge in [-0.2, -0.15) is 0 Å². The van der Waals surface area contributed by atoms with Gasteiger partial charge in [-0.25, -0.2) is 0 Å². The van der Waals surface area contributed by atoms with E-state index in [1.54, 1.807) is 0 Å². The molecule has 9 heavy (non-hydrogen) atoms. The third-order valence-corrected chi connectivity index (χ3v) is 6.91. The van der Waals surface area contributed by atoms with Crippen LogP contribution in [0.15, 0.2) is 0 Å². The molecule has 0 aromatic heterocycles. The van der Waals surface area contributed by atoms with Gasteiger partial charge >= 0.3 is 65.6 Å². The van der Waals surface area contributed by atoms with E-state index in [-0.39, 0.29) is 21.2 Å². The quantitative estimate of drug-likeness (QED) is 0.351. The Bertz CT molecular complexity index is 160. The summed E-state index contributed by atoms with van der Waals surface area (Å²) in [5.74, 6) is 1.99. The Balaban J connectivity index is 1.98. The van der Waals surface area contributed by atoms with Crippen molar-refractivity contribution in [2.75, 3.05) is 0 Å². The van der Waals surface area contributed by atoms with E-state index in [0.29, 0.717) is 3.92 Å². The predicted octanol–water partition coefficient (Wildman–Crippen LogP) is -1.99. The minimum absolute atomic E-state index is 0.286. The van der Waals surface area contributed by atoms with Gasteiger partial charge < -0.3 is 0 Å². The van der Waals surface area contributed by atoms with Crippen LogP contribution in [0, 0.1) is 23.2 Å².